The molecule has 1 aromatic heterocycles. The fourth-order valence-corrected chi connectivity index (χ4v) is 2.31. The Morgan fingerprint density at radius 1 is 1.18 bits per heavy atom. The van der Waals surface area contributed by atoms with Crippen molar-refractivity contribution in [3.05, 3.63) is 12.3 Å². The van der Waals surface area contributed by atoms with E-state index in [9.17, 15) is 0 Å². The van der Waals surface area contributed by atoms with E-state index < -0.39 is 0 Å². The lowest BCUT2D eigenvalue weighted by atomic mass is 9.97. The van der Waals surface area contributed by atoms with Gasteiger partial charge in [-0.15, -0.1) is 0 Å². The molecule has 0 radical (unpaired) electrons. The maximum Gasteiger partial charge on any atom is 0.226 e. The Morgan fingerprint density at radius 3 is 2.59 bits per heavy atom. The molecular formula is C13H21N3O. The second-order valence-corrected chi connectivity index (χ2v) is 4.61. The predicted octanol–water partition coefficient (Wildman–Crippen LogP) is 3.01. The average Bonchev–Trinajstić information content (AvgIpc) is 2.33. The van der Waals surface area contributed by atoms with Crippen molar-refractivity contribution < 1.29 is 4.74 Å². The number of methoxy groups -OCH3 is 1. The summed E-state index contributed by atoms with van der Waals surface area (Å²) in [4.78, 5) is 8.53. The quantitative estimate of drug-likeness (QED) is 0.874. The summed E-state index contributed by atoms with van der Waals surface area (Å²) in [6, 6.07) is 2.28. The third kappa shape index (κ3) is 3.88. The molecule has 0 aromatic carbocycles. The Hall–Kier alpha value is -1.32. The first-order chi connectivity index (χ1) is 8.38. The van der Waals surface area contributed by atoms with Crippen molar-refractivity contribution in [1.29, 1.82) is 0 Å². The zero-order chi connectivity index (χ0) is 11.9. The molecule has 0 saturated heterocycles. The molecule has 0 unspecified atom stereocenters. The molecule has 1 heterocycles. The summed E-state index contributed by atoms with van der Waals surface area (Å²) in [5.41, 5.74) is 0. The summed E-state index contributed by atoms with van der Waals surface area (Å²) in [5.74, 6) is 1.31. The molecule has 94 valence electrons. The van der Waals surface area contributed by atoms with Gasteiger partial charge in [0.15, 0.2) is 0 Å². The molecule has 1 aliphatic carbocycles. The average molecular weight is 235 g/mol. The van der Waals surface area contributed by atoms with E-state index in [2.05, 4.69) is 15.3 Å². The first kappa shape index (κ1) is 12.1. The number of hydrogen-bond donors (Lipinski definition) is 1. The van der Waals surface area contributed by atoms with Crippen LogP contribution in [0.25, 0.3) is 0 Å². The molecule has 1 N–H and O–H groups in total. The summed E-state index contributed by atoms with van der Waals surface area (Å²) in [6.45, 7) is 0. The van der Waals surface area contributed by atoms with Gasteiger partial charge in [0, 0.05) is 18.3 Å². The summed E-state index contributed by atoms with van der Waals surface area (Å²) < 4.78 is 5.10. The van der Waals surface area contributed by atoms with Gasteiger partial charge in [-0.2, -0.15) is 4.98 Å². The van der Waals surface area contributed by atoms with Gasteiger partial charge >= 0.3 is 0 Å². The molecule has 1 fully saturated rings. The van der Waals surface area contributed by atoms with E-state index in [0.29, 0.717) is 17.9 Å². The fraction of sp³-hybridized carbons (Fsp3) is 0.692. The van der Waals surface area contributed by atoms with Gasteiger partial charge in [-0.1, -0.05) is 32.1 Å². The van der Waals surface area contributed by atoms with Crippen molar-refractivity contribution in [3.8, 4) is 5.88 Å². The second-order valence-electron chi connectivity index (χ2n) is 4.61. The van der Waals surface area contributed by atoms with E-state index in [1.165, 1.54) is 44.9 Å². The third-order valence-electron chi connectivity index (χ3n) is 3.28. The van der Waals surface area contributed by atoms with Crippen LogP contribution in [0.1, 0.15) is 44.9 Å². The molecule has 1 saturated carbocycles. The maximum atomic E-state index is 5.10. The standard InChI is InChI=1S/C13H21N3O/c1-17-12-9-10-14-13(16-12)15-11-7-5-3-2-4-6-8-11/h9-11H,2-8H2,1H3,(H,14,15,16). The van der Waals surface area contributed by atoms with E-state index in [-0.39, 0.29) is 0 Å². The van der Waals surface area contributed by atoms with Crippen LogP contribution in [-0.2, 0) is 0 Å². The van der Waals surface area contributed by atoms with Crippen LogP contribution in [0.5, 0.6) is 5.88 Å². The lowest BCUT2D eigenvalue weighted by molar-refractivity contribution is 0.396. The lowest BCUT2D eigenvalue weighted by Gasteiger charge is -2.20. The number of ether oxygens (including phenoxy) is 1. The number of aromatic nitrogens is 2. The summed E-state index contributed by atoms with van der Waals surface area (Å²) in [5, 5.41) is 3.42. The van der Waals surface area contributed by atoms with Crippen LogP contribution in [0.15, 0.2) is 12.3 Å². The highest BCUT2D eigenvalue weighted by molar-refractivity contribution is 5.28. The zero-order valence-electron chi connectivity index (χ0n) is 10.5. The highest BCUT2D eigenvalue weighted by Gasteiger charge is 2.12. The van der Waals surface area contributed by atoms with Crippen LogP contribution in [0, 0.1) is 0 Å². The Balaban J connectivity index is 1.93. The van der Waals surface area contributed by atoms with Crippen LogP contribution in [0.4, 0.5) is 5.95 Å². The Bertz CT molecular complexity index is 335. The van der Waals surface area contributed by atoms with Crippen molar-refractivity contribution in [2.75, 3.05) is 12.4 Å². The largest absolute Gasteiger partial charge is 0.481 e. The zero-order valence-corrected chi connectivity index (χ0v) is 10.5. The van der Waals surface area contributed by atoms with Gasteiger partial charge in [-0.25, -0.2) is 4.98 Å². The van der Waals surface area contributed by atoms with Crippen molar-refractivity contribution in [2.45, 2.75) is 51.0 Å². The van der Waals surface area contributed by atoms with Crippen LogP contribution in [0.3, 0.4) is 0 Å². The second kappa shape index (κ2) is 6.42. The molecule has 2 rings (SSSR count). The molecular weight excluding hydrogens is 214 g/mol. The van der Waals surface area contributed by atoms with Gasteiger partial charge in [-0.05, 0) is 12.8 Å². The Labute approximate surface area is 103 Å². The summed E-state index contributed by atoms with van der Waals surface area (Å²) in [6.07, 6.45) is 10.9. The van der Waals surface area contributed by atoms with Crippen LogP contribution >= 0.6 is 0 Å². The van der Waals surface area contributed by atoms with Crippen LogP contribution < -0.4 is 10.1 Å². The molecule has 1 aliphatic rings. The SMILES string of the molecule is COc1ccnc(NC2CCCCCCC2)n1. The smallest absolute Gasteiger partial charge is 0.226 e. The fourth-order valence-electron chi connectivity index (χ4n) is 2.31. The minimum Gasteiger partial charge on any atom is -0.481 e. The number of hydrogen-bond acceptors (Lipinski definition) is 4. The van der Waals surface area contributed by atoms with Gasteiger partial charge in [0.05, 0.1) is 7.11 Å². The third-order valence-corrected chi connectivity index (χ3v) is 3.28. The van der Waals surface area contributed by atoms with Gasteiger partial charge in [0.2, 0.25) is 11.8 Å². The number of anilines is 1. The van der Waals surface area contributed by atoms with E-state index in [1.54, 1.807) is 19.4 Å². The van der Waals surface area contributed by atoms with Crippen LogP contribution in [0.2, 0.25) is 0 Å². The molecule has 0 spiro atoms. The van der Waals surface area contributed by atoms with Crippen molar-refractivity contribution in [1.82, 2.24) is 9.97 Å². The summed E-state index contributed by atoms with van der Waals surface area (Å²) >= 11 is 0. The first-order valence-corrected chi connectivity index (χ1v) is 6.52. The molecule has 17 heavy (non-hydrogen) atoms. The Morgan fingerprint density at radius 2 is 1.88 bits per heavy atom. The van der Waals surface area contributed by atoms with Crippen molar-refractivity contribution in [2.24, 2.45) is 0 Å². The first-order valence-electron chi connectivity index (χ1n) is 6.52. The van der Waals surface area contributed by atoms with Crippen molar-refractivity contribution >= 4 is 5.95 Å². The topological polar surface area (TPSA) is 47.0 Å². The predicted molar refractivity (Wildman–Crippen MR) is 68.3 cm³/mol. The molecule has 4 heteroatoms. The minimum atomic E-state index is 0.516. The number of nitrogens with one attached hydrogen (secondary N) is 1. The van der Waals surface area contributed by atoms with Gasteiger partial charge in [0.25, 0.3) is 0 Å². The van der Waals surface area contributed by atoms with E-state index >= 15 is 0 Å². The minimum absolute atomic E-state index is 0.516. The molecule has 0 aliphatic heterocycles. The lowest BCUT2D eigenvalue weighted by Crippen LogP contribution is -2.21. The molecule has 4 nitrogen and oxygen atoms in total. The monoisotopic (exact) mass is 235 g/mol. The summed E-state index contributed by atoms with van der Waals surface area (Å²) in [7, 11) is 1.63. The molecule has 1 aromatic rings. The van der Waals surface area contributed by atoms with Gasteiger partial charge in [-0.3, -0.25) is 0 Å². The van der Waals surface area contributed by atoms with Gasteiger partial charge in [0.1, 0.15) is 0 Å². The number of nitrogens with zero attached hydrogens (tertiary/aromatic N) is 2. The van der Waals surface area contributed by atoms with Gasteiger partial charge < -0.3 is 10.1 Å². The van der Waals surface area contributed by atoms with E-state index in [1.807, 2.05) is 0 Å². The van der Waals surface area contributed by atoms with Crippen molar-refractivity contribution in [3.63, 3.8) is 0 Å². The molecule has 0 atom stereocenters. The van der Waals surface area contributed by atoms with E-state index in [4.69, 9.17) is 4.74 Å². The molecule has 0 amide bonds. The molecule has 0 bridgehead atoms. The Kier molecular flexibility index (Phi) is 4.59. The highest BCUT2D eigenvalue weighted by atomic mass is 16.5. The van der Waals surface area contributed by atoms with Crippen LogP contribution in [-0.4, -0.2) is 23.1 Å². The van der Waals surface area contributed by atoms with E-state index in [0.717, 1.165) is 0 Å². The number of rotatable bonds is 3. The maximum absolute atomic E-state index is 5.10. The normalized spacial score (nSPS) is 18.2. The highest BCUT2D eigenvalue weighted by Crippen LogP contribution is 2.19.